The van der Waals surface area contributed by atoms with Gasteiger partial charge in [-0.25, -0.2) is 4.98 Å². The maximum Gasteiger partial charge on any atom is 0.120 e. The van der Waals surface area contributed by atoms with Crippen molar-refractivity contribution in [2.24, 2.45) is 0 Å². The van der Waals surface area contributed by atoms with Crippen LogP contribution >= 0.6 is 0 Å². The fourth-order valence-corrected chi connectivity index (χ4v) is 2.08. The van der Waals surface area contributed by atoms with Crippen LogP contribution in [0.15, 0.2) is 22.9 Å². The van der Waals surface area contributed by atoms with Gasteiger partial charge in [-0.3, -0.25) is 0 Å². The first-order valence-corrected chi connectivity index (χ1v) is 5.98. The van der Waals surface area contributed by atoms with E-state index in [1.807, 2.05) is 19.9 Å². The number of imidazole rings is 1. The van der Waals surface area contributed by atoms with E-state index >= 15 is 0 Å². The second kappa shape index (κ2) is 4.96. The van der Waals surface area contributed by atoms with Gasteiger partial charge >= 0.3 is 0 Å². The van der Waals surface area contributed by atoms with Gasteiger partial charge in [0.25, 0.3) is 0 Å². The van der Waals surface area contributed by atoms with Gasteiger partial charge in [0, 0.05) is 24.5 Å². The molecule has 5 nitrogen and oxygen atoms in total. The van der Waals surface area contributed by atoms with Gasteiger partial charge in [0.05, 0.1) is 6.54 Å². The quantitative estimate of drug-likeness (QED) is 0.752. The van der Waals surface area contributed by atoms with E-state index in [0.29, 0.717) is 13.1 Å². The zero-order valence-corrected chi connectivity index (χ0v) is 10.9. The lowest BCUT2D eigenvalue weighted by Crippen LogP contribution is -2.35. The van der Waals surface area contributed by atoms with Crippen LogP contribution < -0.4 is 5.32 Å². The number of aromatic amines is 1. The van der Waals surface area contributed by atoms with Crippen LogP contribution in [0.1, 0.15) is 29.8 Å². The Hall–Kier alpha value is -1.59. The van der Waals surface area contributed by atoms with Crippen LogP contribution in [0, 0.1) is 13.8 Å². The summed E-state index contributed by atoms with van der Waals surface area (Å²) in [5, 5.41) is 13.6. The number of aryl methyl sites for hydroxylation is 2. The zero-order chi connectivity index (χ0) is 13.2. The molecule has 98 valence electrons. The van der Waals surface area contributed by atoms with Crippen molar-refractivity contribution >= 4 is 0 Å². The first kappa shape index (κ1) is 12.9. The molecule has 0 aliphatic rings. The summed E-state index contributed by atoms with van der Waals surface area (Å²) in [7, 11) is 0. The summed E-state index contributed by atoms with van der Waals surface area (Å²) in [4.78, 5) is 7.12. The Morgan fingerprint density at radius 3 is 2.83 bits per heavy atom. The van der Waals surface area contributed by atoms with Gasteiger partial charge in [0.15, 0.2) is 0 Å². The van der Waals surface area contributed by atoms with Crippen LogP contribution in [-0.4, -0.2) is 21.6 Å². The number of H-pyrrole nitrogens is 1. The molecule has 3 N–H and O–H groups in total. The van der Waals surface area contributed by atoms with Crippen molar-refractivity contribution in [3.63, 3.8) is 0 Å². The molecule has 2 aromatic rings. The lowest BCUT2D eigenvalue weighted by Gasteiger charge is -2.23. The van der Waals surface area contributed by atoms with Gasteiger partial charge < -0.3 is 19.8 Å². The topological polar surface area (TPSA) is 74.1 Å². The number of rotatable bonds is 5. The first-order valence-electron chi connectivity index (χ1n) is 5.98. The van der Waals surface area contributed by atoms with Gasteiger partial charge in [-0.1, -0.05) is 0 Å². The molecule has 1 unspecified atom stereocenters. The molecule has 0 aromatic carbocycles. The maximum absolute atomic E-state index is 10.5. The van der Waals surface area contributed by atoms with Crippen LogP contribution in [0.25, 0.3) is 0 Å². The highest BCUT2D eigenvalue weighted by Crippen LogP contribution is 2.26. The molecule has 0 bridgehead atoms. The highest BCUT2D eigenvalue weighted by Gasteiger charge is 2.27. The molecular weight excluding hydrogens is 230 g/mol. The molecule has 0 spiro atoms. The molecule has 0 aliphatic carbocycles. The van der Waals surface area contributed by atoms with Crippen LogP contribution in [-0.2, 0) is 12.1 Å². The summed E-state index contributed by atoms with van der Waals surface area (Å²) in [6.45, 7) is 6.55. The summed E-state index contributed by atoms with van der Waals surface area (Å²) in [6.07, 6.45) is 3.48. The molecule has 2 rings (SSSR count). The van der Waals surface area contributed by atoms with Gasteiger partial charge in [0.2, 0.25) is 0 Å². The van der Waals surface area contributed by atoms with Crippen LogP contribution in [0.2, 0.25) is 0 Å². The molecule has 18 heavy (non-hydrogen) atoms. The maximum atomic E-state index is 10.5. The Labute approximate surface area is 106 Å². The molecule has 0 aliphatic heterocycles. The third-order valence-corrected chi connectivity index (χ3v) is 2.94. The van der Waals surface area contributed by atoms with Crippen molar-refractivity contribution in [1.29, 1.82) is 0 Å². The summed E-state index contributed by atoms with van der Waals surface area (Å²) < 4.78 is 5.45. The average Bonchev–Trinajstić information content (AvgIpc) is 2.88. The van der Waals surface area contributed by atoms with Crippen molar-refractivity contribution in [1.82, 2.24) is 15.3 Å². The Bertz CT molecular complexity index is 500. The molecule has 0 saturated carbocycles. The largest absolute Gasteiger partial charge is 0.466 e. The number of hydrogen-bond acceptors (Lipinski definition) is 4. The summed E-state index contributed by atoms with van der Waals surface area (Å²) in [5.41, 5.74) is -0.124. The SMILES string of the molecule is Cc1cc(C(C)(O)CNCc2ncc[nH]2)c(C)o1. The Kier molecular flexibility index (Phi) is 3.54. The van der Waals surface area contributed by atoms with E-state index in [2.05, 4.69) is 15.3 Å². The predicted molar refractivity (Wildman–Crippen MR) is 68.0 cm³/mol. The number of nitrogens with zero attached hydrogens (tertiary/aromatic N) is 1. The minimum atomic E-state index is -0.950. The van der Waals surface area contributed by atoms with Gasteiger partial charge in [0.1, 0.15) is 22.9 Å². The minimum absolute atomic E-state index is 0.438. The van der Waals surface area contributed by atoms with E-state index in [4.69, 9.17) is 4.42 Å². The van der Waals surface area contributed by atoms with Crippen molar-refractivity contribution in [2.45, 2.75) is 32.9 Å². The lowest BCUT2D eigenvalue weighted by molar-refractivity contribution is 0.0550. The van der Waals surface area contributed by atoms with Crippen molar-refractivity contribution < 1.29 is 9.52 Å². The standard InChI is InChI=1S/C13H19N3O2/c1-9-6-11(10(2)18-9)13(3,17)8-14-7-12-15-4-5-16-12/h4-6,14,17H,7-8H2,1-3H3,(H,15,16). The van der Waals surface area contributed by atoms with E-state index in [-0.39, 0.29) is 0 Å². The monoisotopic (exact) mass is 249 g/mol. The average molecular weight is 249 g/mol. The molecule has 5 heteroatoms. The van der Waals surface area contributed by atoms with E-state index in [9.17, 15) is 5.11 Å². The van der Waals surface area contributed by atoms with Crippen LogP contribution in [0.5, 0.6) is 0 Å². The van der Waals surface area contributed by atoms with E-state index in [1.165, 1.54) is 0 Å². The summed E-state index contributed by atoms with van der Waals surface area (Å²) in [6, 6.07) is 1.88. The van der Waals surface area contributed by atoms with E-state index in [1.54, 1.807) is 19.3 Å². The second-order valence-corrected chi connectivity index (χ2v) is 4.74. The molecule has 0 amide bonds. The molecule has 2 aromatic heterocycles. The predicted octanol–water partition coefficient (Wildman–Crippen LogP) is 1.62. The molecule has 2 heterocycles. The zero-order valence-electron chi connectivity index (χ0n) is 10.9. The molecule has 0 saturated heterocycles. The number of aromatic nitrogens is 2. The number of hydrogen-bond donors (Lipinski definition) is 3. The lowest BCUT2D eigenvalue weighted by atomic mass is 9.96. The van der Waals surface area contributed by atoms with Crippen LogP contribution in [0.4, 0.5) is 0 Å². The summed E-state index contributed by atoms with van der Waals surface area (Å²) >= 11 is 0. The van der Waals surface area contributed by atoms with Crippen molar-refractivity contribution in [3.8, 4) is 0 Å². The Morgan fingerprint density at radius 1 is 1.50 bits per heavy atom. The minimum Gasteiger partial charge on any atom is -0.466 e. The molecule has 0 radical (unpaired) electrons. The fourth-order valence-electron chi connectivity index (χ4n) is 2.08. The third kappa shape index (κ3) is 2.80. The van der Waals surface area contributed by atoms with Crippen LogP contribution in [0.3, 0.4) is 0 Å². The Balaban J connectivity index is 1.97. The van der Waals surface area contributed by atoms with Gasteiger partial charge in [-0.05, 0) is 26.8 Å². The second-order valence-electron chi connectivity index (χ2n) is 4.74. The van der Waals surface area contributed by atoms with Crippen molar-refractivity contribution in [2.75, 3.05) is 6.54 Å². The normalized spacial score (nSPS) is 14.7. The highest BCUT2D eigenvalue weighted by molar-refractivity contribution is 5.26. The smallest absolute Gasteiger partial charge is 0.120 e. The highest BCUT2D eigenvalue weighted by atomic mass is 16.3. The number of aliphatic hydroxyl groups is 1. The fraction of sp³-hybridized carbons (Fsp3) is 0.462. The van der Waals surface area contributed by atoms with Crippen molar-refractivity contribution in [3.05, 3.63) is 41.4 Å². The first-order chi connectivity index (χ1) is 8.49. The molecule has 1 atom stereocenters. The Morgan fingerprint density at radius 2 is 2.28 bits per heavy atom. The van der Waals surface area contributed by atoms with Gasteiger partial charge in [-0.15, -0.1) is 0 Å². The number of furan rings is 1. The summed E-state index contributed by atoms with van der Waals surface area (Å²) in [5.74, 6) is 2.43. The van der Waals surface area contributed by atoms with E-state index in [0.717, 1.165) is 22.9 Å². The van der Waals surface area contributed by atoms with E-state index < -0.39 is 5.60 Å². The van der Waals surface area contributed by atoms with Gasteiger partial charge in [-0.2, -0.15) is 0 Å². The third-order valence-electron chi connectivity index (χ3n) is 2.94. The molecule has 0 fully saturated rings. The molecular formula is C13H19N3O2. The number of nitrogens with one attached hydrogen (secondary N) is 2.